The summed E-state index contributed by atoms with van der Waals surface area (Å²) in [7, 11) is 0. The third kappa shape index (κ3) is 3.66. The van der Waals surface area contributed by atoms with Crippen molar-refractivity contribution in [2.45, 2.75) is 46.0 Å². The van der Waals surface area contributed by atoms with Gasteiger partial charge in [-0.3, -0.25) is 0 Å². The van der Waals surface area contributed by atoms with Crippen molar-refractivity contribution in [1.82, 2.24) is 9.97 Å². The number of nitrogens with one attached hydrogen (secondary N) is 1. The quantitative estimate of drug-likeness (QED) is 0.836. The van der Waals surface area contributed by atoms with Gasteiger partial charge >= 0.3 is 0 Å². The third-order valence-electron chi connectivity index (χ3n) is 3.36. The lowest BCUT2D eigenvalue weighted by molar-refractivity contribution is 0.376. The van der Waals surface area contributed by atoms with Gasteiger partial charge in [0.15, 0.2) is 0 Å². The molecule has 2 rings (SSSR count). The fourth-order valence-electron chi connectivity index (χ4n) is 1.50. The van der Waals surface area contributed by atoms with Gasteiger partial charge < -0.3 is 5.32 Å². The second-order valence-corrected chi connectivity index (χ2v) is 6.39. The van der Waals surface area contributed by atoms with Crippen LogP contribution in [0.15, 0.2) is 10.7 Å². The van der Waals surface area contributed by atoms with Gasteiger partial charge in [-0.25, -0.2) is 9.97 Å². The zero-order valence-electron chi connectivity index (χ0n) is 10.8. The molecule has 0 spiro atoms. The molecule has 0 aliphatic heterocycles. The zero-order valence-corrected chi connectivity index (χ0v) is 12.3. The average molecular weight is 298 g/mol. The first kappa shape index (κ1) is 12.8. The van der Waals surface area contributed by atoms with Crippen LogP contribution < -0.4 is 5.32 Å². The van der Waals surface area contributed by atoms with E-state index < -0.39 is 0 Å². The van der Waals surface area contributed by atoms with Crippen molar-refractivity contribution in [3.8, 4) is 0 Å². The standard InChI is InChI=1S/C13H20BrN3/c1-4-13(2,3)8-15-11-7-10(14)16-12(17-11)9-5-6-9/h7,9H,4-6,8H2,1-3H3,(H,15,16,17). The molecule has 4 heteroatoms. The van der Waals surface area contributed by atoms with E-state index in [9.17, 15) is 0 Å². The first-order valence-corrected chi connectivity index (χ1v) is 7.08. The predicted octanol–water partition coefficient (Wildman–Crippen LogP) is 3.96. The van der Waals surface area contributed by atoms with Gasteiger partial charge in [0.2, 0.25) is 0 Å². The maximum atomic E-state index is 4.58. The van der Waals surface area contributed by atoms with Gasteiger partial charge in [-0.1, -0.05) is 20.8 Å². The summed E-state index contributed by atoms with van der Waals surface area (Å²) in [4.78, 5) is 9.01. The molecule has 17 heavy (non-hydrogen) atoms. The van der Waals surface area contributed by atoms with Crippen molar-refractivity contribution in [1.29, 1.82) is 0 Å². The molecule has 1 aromatic heterocycles. The van der Waals surface area contributed by atoms with E-state index >= 15 is 0 Å². The molecular weight excluding hydrogens is 278 g/mol. The Balaban J connectivity index is 2.05. The molecule has 0 unspecified atom stereocenters. The van der Waals surface area contributed by atoms with Crippen LogP contribution in [0.2, 0.25) is 0 Å². The normalized spacial score (nSPS) is 16.0. The van der Waals surface area contributed by atoms with E-state index in [1.54, 1.807) is 0 Å². The molecule has 0 radical (unpaired) electrons. The molecule has 0 amide bonds. The highest BCUT2D eigenvalue weighted by Crippen LogP contribution is 2.38. The first-order valence-electron chi connectivity index (χ1n) is 6.28. The maximum Gasteiger partial charge on any atom is 0.135 e. The Morgan fingerprint density at radius 2 is 2.12 bits per heavy atom. The number of nitrogens with zero attached hydrogens (tertiary/aromatic N) is 2. The maximum absolute atomic E-state index is 4.58. The summed E-state index contributed by atoms with van der Waals surface area (Å²) in [5.74, 6) is 2.51. The van der Waals surface area contributed by atoms with E-state index in [0.717, 1.165) is 29.2 Å². The summed E-state index contributed by atoms with van der Waals surface area (Å²) in [6.45, 7) is 7.68. The number of rotatable bonds is 5. The van der Waals surface area contributed by atoms with Crippen LogP contribution in [0.25, 0.3) is 0 Å². The minimum Gasteiger partial charge on any atom is -0.369 e. The Hall–Kier alpha value is -0.640. The average Bonchev–Trinajstić information content (AvgIpc) is 3.10. The molecule has 1 aliphatic carbocycles. The van der Waals surface area contributed by atoms with Crippen LogP contribution in [-0.4, -0.2) is 16.5 Å². The SMILES string of the molecule is CCC(C)(C)CNc1cc(Br)nc(C2CC2)n1. The van der Waals surface area contributed by atoms with Gasteiger partial charge in [0.1, 0.15) is 16.2 Å². The molecule has 94 valence electrons. The van der Waals surface area contributed by atoms with Crippen molar-refractivity contribution in [3.05, 3.63) is 16.5 Å². The van der Waals surface area contributed by atoms with Gasteiger partial charge in [0.05, 0.1) is 0 Å². The lowest BCUT2D eigenvalue weighted by atomic mass is 9.90. The van der Waals surface area contributed by atoms with Crippen molar-refractivity contribution >= 4 is 21.7 Å². The van der Waals surface area contributed by atoms with Crippen LogP contribution in [0.3, 0.4) is 0 Å². The molecule has 3 nitrogen and oxygen atoms in total. The highest BCUT2D eigenvalue weighted by Gasteiger charge is 2.27. The minimum atomic E-state index is 0.303. The number of halogens is 1. The Kier molecular flexibility index (Phi) is 3.71. The molecule has 0 bridgehead atoms. The highest BCUT2D eigenvalue weighted by atomic mass is 79.9. The molecule has 1 aromatic rings. The van der Waals surface area contributed by atoms with E-state index in [-0.39, 0.29) is 0 Å². The van der Waals surface area contributed by atoms with Crippen molar-refractivity contribution in [2.75, 3.05) is 11.9 Å². The summed E-state index contributed by atoms with van der Waals surface area (Å²) < 4.78 is 0.881. The number of aromatic nitrogens is 2. The molecule has 1 heterocycles. The Bertz CT molecular complexity index is 400. The van der Waals surface area contributed by atoms with Gasteiger partial charge in [0, 0.05) is 18.5 Å². The van der Waals surface area contributed by atoms with Crippen LogP contribution >= 0.6 is 15.9 Å². The molecule has 1 N–H and O–H groups in total. The molecule has 1 fully saturated rings. The fourth-order valence-corrected chi connectivity index (χ4v) is 1.90. The van der Waals surface area contributed by atoms with E-state index in [4.69, 9.17) is 0 Å². The molecule has 0 aromatic carbocycles. The topological polar surface area (TPSA) is 37.8 Å². The number of hydrogen-bond donors (Lipinski definition) is 1. The highest BCUT2D eigenvalue weighted by molar-refractivity contribution is 9.10. The van der Waals surface area contributed by atoms with Gasteiger partial charge in [0.25, 0.3) is 0 Å². The predicted molar refractivity (Wildman–Crippen MR) is 74.3 cm³/mol. The Morgan fingerprint density at radius 3 is 2.71 bits per heavy atom. The second kappa shape index (κ2) is 4.92. The smallest absolute Gasteiger partial charge is 0.135 e. The number of hydrogen-bond acceptors (Lipinski definition) is 3. The Morgan fingerprint density at radius 1 is 1.41 bits per heavy atom. The minimum absolute atomic E-state index is 0.303. The van der Waals surface area contributed by atoms with E-state index in [1.165, 1.54) is 12.8 Å². The van der Waals surface area contributed by atoms with Crippen LogP contribution in [0.4, 0.5) is 5.82 Å². The molecule has 1 aliphatic rings. The van der Waals surface area contributed by atoms with E-state index in [1.807, 2.05) is 6.07 Å². The van der Waals surface area contributed by atoms with Crippen molar-refractivity contribution in [3.63, 3.8) is 0 Å². The van der Waals surface area contributed by atoms with Crippen LogP contribution in [0.1, 0.15) is 51.8 Å². The summed E-state index contributed by atoms with van der Waals surface area (Å²) >= 11 is 3.46. The molecule has 0 atom stereocenters. The van der Waals surface area contributed by atoms with Gasteiger partial charge in [-0.05, 0) is 40.6 Å². The van der Waals surface area contributed by atoms with Crippen LogP contribution in [0, 0.1) is 5.41 Å². The van der Waals surface area contributed by atoms with Crippen LogP contribution in [0.5, 0.6) is 0 Å². The molecule has 1 saturated carbocycles. The second-order valence-electron chi connectivity index (χ2n) is 5.58. The fraction of sp³-hybridized carbons (Fsp3) is 0.692. The lowest BCUT2D eigenvalue weighted by Crippen LogP contribution is -2.22. The molecule has 0 saturated heterocycles. The summed E-state index contributed by atoms with van der Waals surface area (Å²) in [5.41, 5.74) is 0.303. The summed E-state index contributed by atoms with van der Waals surface area (Å²) in [6.07, 6.45) is 3.62. The van der Waals surface area contributed by atoms with Crippen molar-refractivity contribution in [2.24, 2.45) is 5.41 Å². The van der Waals surface area contributed by atoms with E-state index in [2.05, 4.69) is 52.0 Å². The van der Waals surface area contributed by atoms with Crippen LogP contribution in [-0.2, 0) is 0 Å². The van der Waals surface area contributed by atoms with Crippen molar-refractivity contribution < 1.29 is 0 Å². The van der Waals surface area contributed by atoms with Gasteiger partial charge in [-0.2, -0.15) is 0 Å². The lowest BCUT2D eigenvalue weighted by Gasteiger charge is -2.23. The first-order chi connectivity index (χ1) is 8.00. The van der Waals surface area contributed by atoms with Gasteiger partial charge in [-0.15, -0.1) is 0 Å². The number of anilines is 1. The third-order valence-corrected chi connectivity index (χ3v) is 3.77. The monoisotopic (exact) mass is 297 g/mol. The zero-order chi connectivity index (χ0) is 12.5. The summed E-state index contributed by atoms with van der Waals surface area (Å²) in [6, 6.07) is 1.96. The molecular formula is C13H20BrN3. The summed E-state index contributed by atoms with van der Waals surface area (Å²) in [5, 5.41) is 3.42. The largest absolute Gasteiger partial charge is 0.369 e. The Labute approximate surface area is 112 Å². The van der Waals surface area contributed by atoms with E-state index in [0.29, 0.717) is 11.3 Å².